The molecular formula is C19H13ClF2N6O. The fourth-order valence-corrected chi connectivity index (χ4v) is 3.27. The number of aromatic nitrogens is 5. The van der Waals surface area contributed by atoms with Gasteiger partial charge in [-0.1, -0.05) is 11.6 Å². The monoisotopic (exact) mass is 414 g/mol. The van der Waals surface area contributed by atoms with E-state index in [0.29, 0.717) is 11.4 Å². The van der Waals surface area contributed by atoms with Gasteiger partial charge >= 0.3 is 0 Å². The van der Waals surface area contributed by atoms with E-state index < -0.39 is 17.5 Å². The molecule has 0 saturated heterocycles. The van der Waals surface area contributed by atoms with Crippen molar-refractivity contribution >= 4 is 28.7 Å². The van der Waals surface area contributed by atoms with Crippen molar-refractivity contribution in [2.24, 2.45) is 0 Å². The lowest BCUT2D eigenvalue weighted by Gasteiger charge is -2.09. The smallest absolute Gasteiger partial charge is 0.259 e. The van der Waals surface area contributed by atoms with Crippen LogP contribution in [0.4, 0.5) is 14.5 Å². The van der Waals surface area contributed by atoms with Crippen LogP contribution in [0.15, 0.2) is 36.7 Å². The average Bonchev–Trinajstić information content (AvgIpc) is 3.27. The first-order chi connectivity index (χ1) is 14.0. The number of rotatable bonds is 4. The van der Waals surface area contributed by atoms with Gasteiger partial charge in [-0.15, -0.1) is 0 Å². The van der Waals surface area contributed by atoms with E-state index in [4.69, 9.17) is 11.6 Å². The Balaban J connectivity index is 1.47. The van der Waals surface area contributed by atoms with E-state index in [-0.39, 0.29) is 27.7 Å². The molecule has 0 bridgehead atoms. The van der Waals surface area contributed by atoms with Gasteiger partial charge in [0.15, 0.2) is 5.82 Å². The first-order valence-electron chi connectivity index (χ1n) is 8.85. The normalized spacial score (nSPS) is 13.8. The van der Waals surface area contributed by atoms with Crippen LogP contribution in [0.1, 0.15) is 34.9 Å². The summed E-state index contributed by atoms with van der Waals surface area (Å²) in [6.07, 6.45) is 4.54. The second kappa shape index (κ2) is 6.63. The molecule has 1 aromatic carbocycles. The van der Waals surface area contributed by atoms with E-state index in [2.05, 4.69) is 25.6 Å². The summed E-state index contributed by atoms with van der Waals surface area (Å²) in [7, 11) is 0. The fourth-order valence-electron chi connectivity index (χ4n) is 3.07. The van der Waals surface area contributed by atoms with Gasteiger partial charge in [0, 0.05) is 5.92 Å². The number of hydrogen-bond acceptors (Lipinski definition) is 4. The molecule has 2 N–H and O–H groups in total. The highest BCUT2D eigenvalue weighted by Crippen LogP contribution is 2.39. The number of hydrogen-bond donors (Lipinski definition) is 2. The molecule has 1 fully saturated rings. The van der Waals surface area contributed by atoms with Gasteiger partial charge in [0.2, 0.25) is 0 Å². The quantitative estimate of drug-likeness (QED) is 0.524. The maximum atomic E-state index is 14.5. The zero-order valence-electron chi connectivity index (χ0n) is 14.8. The molecule has 146 valence electrons. The van der Waals surface area contributed by atoms with Crippen LogP contribution in [0.5, 0.6) is 0 Å². The number of benzene rings is 1. The molecule has 10 heteroatoms. The first-order valence-corrected chi connectivity index (χ1v) is 9.23. The minimum atomic E-state index is -0.596. The van der Waals surface area contributed by atoms with Crippen molar-refractivity contribution in [3.05, 3.63) is 64.7 Å². The van der Waals surface area contributed by atoms with Gasteiger partial charge in [0.05, 0.1) is 39.7 Å². The van der Waals surface area contributed by atoms with E-state index in [1.54, 1.807) is 0 Å². The Morgan fingerprint density at radius 1 is 1.28 bits per heavy atom. The van der Waals surface area contributed by atoms with Crippen molar-refractivity contribution in [1.82, 2.24) is 24.8 Å². The van der Waals surface area contributed by atoms with Crippen LogP contribution in [-0.4, -0.2) is 30.7 Å². The molecule has 1 saturated carbocycles. The molecule has 0 radical (unpaired) electrons. The number of aromatic amines is 1. The van der Waals surface area contributed by atoms with Crippen LogP contribution < -0.4 is 5.32 Å². The summed E-state index contributed by atoms with van der Waals surface area (Å²) in [5.74, 6) is -0.329. The molecule has 1 aliphatic carbocycles. The van der Waals surface area contributed by atoms with Gasteiger partial charge in [0.25, 0.3) is 5.91 Å². The lowest BCUT2D eigenvalue weighted by molar-refractivity contribution is 0.102. The molecule has 4 aromatic rings. The zero-order valence-corrected chi connectivity index (χ0v) is 15.5. The molecule has 1 amide bonds. The molecule has 3 aromatic heterocycles. The number of nitrogens with one attached hydrogen (secondary N) is 2. The molecule has 3 heterocycles. The topological polar surface area (TPSA) is 88.0 Å². The number of carbonyl (C=O) groups excluding carboxylic acids is 1. The van der Waals surface area contributed by atoms with E-state index in [9.17, 15) is 13.6 Å². The lowest BCUT2D eigenvalue weighted by Crippen LogP contribution is -2.12. The number of carbonyl (C=O) groups is 1. The molecular weight excluding hydrogens is 402 g/mol. The summed E-state index contributed by atoms with van der Waals surface area (Å²) in [4.78, 5) is 17.1. The number of fused-ring (bicyclic) bond motifs is 1. The number of pyridine rings is 1. The average molecular weight is 415 g/mol. The van der Waals surface area contributed by atoms with Crippen molar-refractivity contribution in [3.8, 4) is 11.4 Å². The van der Waals surface area contributed by atoms with Crippen LogP contribution >= 0.6 is 11.6 Å². The van der Waals surface area contributed by atoms with Gasteiger partial charge < -0.3 is 5.32 Å². The standard InChI is InChI=1S/C19H13ClF2N6O/c20-13-6-14(22)11(18-25-17(26-27-18)9-1-2-9)5-15(13)24-19(29)12-7-23-28-8-10(21)3-4-16(12)28/h3-9H,1-2H2,(H,24,29)(H,25,26,27). The number of anilines is 1. The summed E-state index contributed by atoms with van der Waals surface area (Å²) in [5.41, 5.74) is 0.966. The van der Waals surface area contributed by atoms with Gasteiger partial charge in [-0.2, -0.15) is 10.2 Å². The van der Waals surface area contributed by atoms with Crippen molar-refractivity contribution in [2.75, 3.05) is 5.32 Å². The molecule has 29 heavy (non-hydrogen) atoms. The molecule has 0 spiro atoms. The van der Waals surface area contributed by atoms with E-state index in [0.717, 1.165) is 30.9 Å². The molecule has 7 nitrogen and oxygen atoms in total. The van der Waals surface area contributed by atoms with Gasteiger partial charge in [-0.3, -0.25) is 9.89 Å². The second-order valence-corrected chi connectivity index (χ2v) is 7.23. The minimum absolute atomic E-state index is 0.0278. The molecule has 0 atom stereocenters. The Bertz CT molecular complexity index is 1260. The fraction of sp³-hybridized carbons (Fsp3) is 0.158. The molecule has 0 aliphatic heterocycles. The Kier molecular flexibility index (Phi) is 4.06. The van der Waals surface area contributed by atoms with Gasteiger partial charge in [-0.05, 0) is 37.1 Å². The number of amides is 1. The van der Waals surface area contributed by atoms with Crippen LogP contribution in [0.3, 0.4) is 0 Å². The van der Waals surface area contributed by atoms with Crippen molar-refractivity contribution in [2.45, 2.75) is 18.8 Å². The highest BCUT2D eigenvalue weighted by molar-refractivity contribution is 6.34. The zero-order chi connectivity index (χ0) is 20.1. The Morgan fingerprint density at radius 2 is 2.10 bits per heavy atom. The molecule has 5 rings (SSSR count). The van der Waals surface area contributed by atoms with Crippen LogP contribution in [0.2, 0.25) is 5.02 Å². The largest absolute Gasteiger partial charge is 0.320 e. The third-order valence-electron chi connectivity index (χ3n) is 4.74. The highest BCUT2D eigenvalue weighted by Gasteiger charge is 2.28. The summed E-state index contributed by atoms with van der Waals surface area (Å²) < 4.78 is 29.0. The summed E-state index contributed by atoms with van der Waals surface area (Å²) >= 11 is 6.13. The summed E-state index contributed by atoms with van der Waals surface area (Å²) in [6, 6.07) is 5.17. The van der Waals surface area contributed by atoms with Crippen LogP contribution in [-0.2, 0) is 0 Å². The SMILES string of the molecule is O=C(Nc1cc(-c2n[nH]c(C3CC3)n2)c(F)cc1Cl)c1cnn2cc(F)ccc12. The maximum absolute atomic E-state index is 14.5. The van der Waals surface area contributed by atoms with E-state index >= 15 is 0 Å². The van der Waals surface area contributed by atoms with Crippen molar-refractivity contribution < 1.29 is 13.6 Å². The Hall–Kier alpha value is -3.33. The van der Waals surface area contributed by atoms with E-state index in [1.807, 2.05) is 0 Å². The number of nitrogens with zero attached hydrogens (tertiary/aromatic N) is 4. The molecule has 1 aliphatic rings. The first kappa shape index (κ1) is 17.7. The maximum Gasteiger partial charge on any atom is 0.259 e. The summed E-state index contributed by atoms with van der Waals surface area (Å²) in [6.45, 7) is 0. The Morgan fingerprint density at radius 3 is 2.90 bits per heavy atom. The lowest BCUT2D eigenvalue weighted by atomic mass is 10.1. The number of halogens is 3. The van der Waals surface area contributed by atoms with Gasteiger partial charge in [0.1, 0.15) is 17.5 Å². The highest BCUT2D eigenvalue weighted by atomic mass is 35.5. The van der Waals surface area contributed by atoms with E-state index in [1.165, 1.54) is 28.9 Å². The summed E-state index contributed by atoms with van der Waals surface area (Å²) in [5, 5.41) is 13.5. The van der Waals surface area contributed by atoms with Crippen molar-refractivity contribution in [1.29, 1.82) is 0 Å². The second-order valence-electron chi connectivity index (χ2n) is 6.82. The van der Waals surface area contributed by atoms with Crippen LogP contribution in [0, 0.1) is 11.6 Å². The number of H-pyrrole nitrogens is 1. The van der Waals surface area contributed by atoms with Crippen molar-refractivity contribution in [3.63, 3.8) is 0 Å². The predicted octanol–water partition coefficient (Wildman–Crippen LogP) is 4.18. The third-order valence-corrected chi connectivity index (χ3v) is 5.05. The third kappa shape index (κ3) is 3.23. The minimum Gasteiger partial charge on any atom is -0.320 e. The molecule has 0 unspecified atom stereocenters. The van der Waals surface area contributed by atoms with Gasteiger partial charge in [-0.25, -0.2) is 18.3 Å². The Labute approximate surface area is 167 Å². The van der Waals surface area contributed by atoms with Crippen LogP contribution in [0.25, 0.3) is 16.9 Å². The predicted molar refractivity (Wildman–Crippen MR) is 102 cm³/mol.